The second kappa shape index (κ2) is 9.55. The average molecular weight is 598 g/mol. The molecule has 0 N–H and O–H groups in total. The first-order chi connectivity index (χ1) is 16.3. The highest BCUT2D eigenvalue weighted by Crippen LogP contribution is 2.81. The number of alkyl halides is 6. The number of anilines is 2. The van der Waals surface area contributed by atoms with Gasteiger partial charge in [-0.1, -0.05) is 36.4 Å². The fourth-order valence-corrected chi connectivity index (χ4v) is 11.2. The summed E-state index contributed by atoms with van der Waals surface area (Å²) in [5, 5.41) is 0. The number of hydrogen-bond acceptors (Lipinski definition) is 8. The van der Waals surface area contributed by atoms with Crippen molar-refractivity contribution in [2.75, 3.05) is 8.88 Å². The third kappa shape index (κ3) is 5.16. The zero-order valence-electron chi connectivity index (χ0n) is 18.8. The standard InChI is InChI=1S/C18H18F6N2O6P2S2/c1-11-7-5-8-12(2)15(11)25-33(31-35(27,28)17(19,20)21)26(16-13(3)9-6-10-14(16)4)34(25)32-36(29,30)18(22,23)24/h5-10H,1-4H3. The summed E-state index contributed by atoms with van der Waals surface area (Å²) in [5.74, 6) is 0. The van der Waals surface area contributed by atoms with E-state index < -0.39 is 48.2 Å². The smallest absolute Gasteiger partial charge is 0.246 e. The van der Waals surface area contributed by atoms with Crippen LogP contribution < -0.4 is 8.88 Å². The largest absolute Gasteiger partial charge is 0.523 e. The molecule has 1 aliphatic heterocycles. The third-order valence-electron chi connectivity index (χ3n) is 4.82. The van der Waals surface area contributed by atoms with E-state index in [1.165, 1.54) is 52.0 Å². The van der Waals surface area contributed by atoms with E-state index in [4.69, 9.17) is 0 Å². The SMILES string of the molecule is Cc1cccc(C)c1N1P(OS(=O)(=O)C(F)(F)F)N(c2c(C)cccc2C)P1OS(=O)(=O)C(F)(F)F. The Morgan fingerprint density at radius 2 is 0.861 bits per heavy atom. The third-order valence-corrected chi connectivity index (χ3v) is 12.5. The van der Waals surface area contributed by atoms with E-state index in [1.54, 1.807) is 12.1 Å². The first-order valence-electron chi connectivity index (χ1n) is 9.64. The number of para-hydroxylation sites is 2. The Hall–Kier alpha value is -1.70. The van der Waals surface area contributed by atoms with Crippen LogP contribution in [0, 0.1) is 27.7 Å². The molecule has 0 spiro atoms. The van der Waals surface area contributed by atoms with Gasteiger partial charge in [0.2, 0.25) is 0 Å². The molecule has 2 aromatic rings. The minimum Gasteiger partial charge on any atom is -0.246 e. The van der Waals surface area contributed by atoms with E-state index >= 15 is 0 Å². The van der Waals surface area contributed by atoms with Gasteiger partial charge in [-0.25, -0.2) is 8.88 Å². The molecule has 0 unspecified atom stereocenters. The Labute approximate surface area is 205 Å². The monoisotopic (exact) mass is 598 g/mol. The van der Waals surface area contributed by atoms with Crippen molar-refractivity contribution in [3.05, 3.63) is 58.7 Å². The topological polar surface area (TPSA) is 93.2 Å². The molecule has 3 rings (SSSR count). The van der Waals surface area contributed by atoms with Gasteiger partial charge in [-0.15, -0.1) is 0 Å². The van der Waals surface area contributed by atoms with Crippen molar-refractivity contribution in [2.45, 2.75) is 38.7 Å². The zero-order valence-corrected chi connectivity index (χ0v) is 22.2. The molecule has 0 saturated carbocycles. The van der Waals surface area contributed by atoms with Gasteiger partial charge >= 0.3 is 31.3 Å². The van der Waals surface area contributed by atoms with Gasteiger partial charge in [0.25, 0.3) is 16.9 Å². The molecule has 1 heterocycles. The Kier molecular flexibility index (Phi) is 7.66. The van der Waals surface area contributed by atoms with E-state index in [0.717, 1.165) is 8.88 Å². The van der Waals surface area contributed by atoms with Crippen molar-refractivity contribution in [1.82, 2.24) is 0 Å². The average Bonchev–Trinajstić information content (AvgIpc) is 2.70. The lowest BCUT2D eigenvalue weighted by Crippen LogP contribution is -2.43. The van der Waals surface area contributed by atoms with Gasteiger partial charge in [0.1, 0.15) is 0 Å². The summed E-state index contributed by atoms with van der Waals surface area (Å²) in [5.41, 5.74) is -10.5. The number of halogens is 6. The van der Waals surface area contributed by atoms with Gasteiger partial charge in [-0.2, -0.15) is 51.1 Å². The number of nitrogens with zero attached hydrogens (tertiary/aromatic N) is 2. The molecule has 0 radical (unpaired) electrons. The van der Waals surface area contributed by atoms with E-state index in [0.29, 0.717) is 22.3 Å². The van der Waals surface area contributed by atoms with E-state index in [2.05, 4.69) is 7.94 Å². The van der Waals surface area contributed by atoms with Crippen LogP contribution >= 0.6 is 16.9 Å². The summed E-state index contributed by atoms with van der Waals surface area (Å²) in [7, 11) is -18.7. The molecule has 0 aromatic heterocycles. The molecule has 1 saturated heterocycles. The van der Waals surface area contributed by atoms with Crippen LogP contribution in [0.25, 0.3) is 0 Å². The van der Waals surface area contributed by atoms with Crippen molar-refractivity contribution < 1.29 is 51.1 Å². The van der Waals surface area contributed by atoms with Crippen molar-refractivity contribution in [3.8, 4) is 0 Å². The Morgan fingerprint density at radius 3 is 1.08 bits per heavy atom. The number of rotatable bonds is 6. The maximum absolute atomic E-state index is 13.2. The molecule has 0 aliphatic carbocycles. The van der Waals surface area contributed by atoms with Gasteiger partial charge in [-0.05, 0) is 49.9 Å². The van der Waals surface area contributed by atoms with Crippen molar-refractivity contribution in [1.29, 1.82) is 0 Å². The van der Waals surface area contributed by atoms with Crippen LogP contribution in [0.4, 0.5) is 37.7 Å². The Morgan fingerprint density at radius 1 is 0.611 bits per heavy atom. The van der Waals surface area contributed by atoms with E-state index in [1.807, 2.05) is 0 Å². The molecule has 0 atom stereocenters. The van der Waals surface area contributed by atoms with Crippen LogP contribution in [-0.4, -0.2) is 27.9 Å². The molecule has 2 aromatic carbocycles. The Balaban J connectivity index is 2.29. The van der Waals surface area contributed by atoms with Gasteiger partial charge < -0.3 is 0 Å². The highest BCUT2D eigenvalue weighted by molar-refractivity contribution is 8.02. The summed E-state index contributed by atoms with van der Waals surface area (Å²) in [6, 6.07) is 8.93. The molecular weight excluding hydrogens is 580 g/mol. The molecule has 36 heavy (non-hydrogen) atoms. The number of benzene rings is 2. The normalized spacial score (nSPS) is 19.4. The summed E-state index contributed by atoms with van der Waals surface area (Å²) in [6.07, 6.45) is 0. The molecule has 0 amide bonds. The second-order valence-corrected chi connectivity index (χ2v) is 14.7. The molecule has 200 valence electrons. The van der Waals surface area contributed by atoms with Gasteiger partial charge in [0, 0.05) is 0 Å². The summed E-state index contributed by atoms with van der Waals surface area (Å²) < 4.78 is 138. The molecule has 18 heteroatoms. The zero-order chi connectivity index (χ0) is 27.4. The lowest BCUT2D eigenvalue weighted by molar-refractivity contribution is -0.0499. The molecule has 0 bridgehead atoms. The summed E-state index contributed by atoms with van der Waals surface area (Å²) in [4.78, 5) is 0. The molecule has 1 aliphatic rings. The van der Waals surface area contributed by atoms with Gasteiger partial charge in [0.15, 0.2) is 0 Å². The highest BCUT2D eigenvalue weighted by Gasteiger charge is 2.62. The molecule has 8 nitrogen and oxygen atoms in total. The van der Waals surface area contributed by atoms with Crippen LogP contribution in [0.2, 0.25) is 0 Å². The highest BCUT2D eigenvalue weighted by atomic mass is 32.2. The number of hydrogen-bond donors (Lipinski definition) is 0. The quantitative estimate of drug-likeness (QED) is 0.213. The van der Waals surface area contributed by atoms with Crippen LogP contribution in [0.1, 0.15) is 22.3 Å². The minimum absolute atomic E-state index is 0.0213. The number of aryl methyl sites for hydroxylation is 4. The lowest BCUT2D eigenvalue weighted by Gasteiger charge is -2.54. The Bertz CT molecular complexity index is 1230. The van der Waals surface area contributed by atoms with Crippen LogP contribution in [-0.2, 0) is 28.2 Å². The molecular formula is C18H18F6N2O6P2S2. The van der Waals surface area contributed by atoms with Crippen LogP contribution in [0.5, 0.6) is 0 Å². The molecule has 1 fully saturated rings. The fraction of sp³-hybridized carbons (Fsp3) is 0.333. The fourth-order valence-electron chi connectivity index (χ4n) is 3.23. The van der Waals surface area contributed by atoms with Crippen LogP contribution in [0.15, 0.2) is 36.4 Å². The predicted octanol–water partition coefficient (Wildman–Crippen LogP) is 6.43. The second-order valence-electron chi connectivity index (χ2n) is 7.51. The lowest BCUT2D eigenvalue weighted by atomic mass is 10.1. The maximum Gasteiger partial charge on any atom is 0.523 e. The summed E-state index contributed by atoms with van der Waals surface area (Å²) in [6.45, 7) is 5.84. The van der Waals surface area contributed by atoms with E-state index in [9.17, 15) is 43.2 Å². The maximum atomic E-state index is 13.2. The van der Waals surface area contributed by atoms with Gasteiger partial charge in [0.05, 0.1) is 11.4 Å². The van der Waals surface area contributed by atoms with Crippen LogP contribution in [0.3, 0.4) is 0 Å². The predicted molar refractivity (Wildman–Crippen MR) is 123 cm³/mol. The summed E-state index contributed by atoms with van der Waals surface area (Å²) >= 11 is 0. The van der Waals surface area contributed by atoms with E-state index in [-0.39, 0.29) is 11.4 Å². The first kappa shape index (κ1) is 28.9. The van der Waals surface area contributed by atoms with Crippen molar-refractivity contribution in [2.24, 2.45) is 0 Å². The van der Waals surface area contributed by atoms with Crippen molar-refractivity contribution in [3.63, 3.8) is 0 Å². The first-order valence-corrected chi connectivity index (χ1v) is 14.8. The minimum atomic E-state index is -6.26. The van der Waals surface area contributed by atoms with Crippen molar-refractivity contribution >= 4 is 48.5 Å². The van der Waals surface area contributed by atoms with Gasteiger partial charge in [-0.3, -0.25) is 0 Å².